The molecular weight excluding hydrogens is 1090 g/mol. The van der Waals surface area contributed by atoms with Gasteiger partial charge in [0, 0.05) is 34.7 Å². The molecule has 0 atom stereocenters. The number of hydrogen-bond donors (Lipinski definition) is 0. The molecule has 9 aromatic carbocycles. The van der Waals surface area contributed by atoms with Crippen LogP contribution >= 0.6 is 0 Å². The number of halogens is 1. The molecule has 0 aliphatic heterocycles. The average molecular weight is 1130 g/mol. The maximum Gasteiger partial charge on any atom is 3.00 e. The molecule has 0 fully saturated rings. The molecule has 0 aliphatic carbocycles. The number of fused-ring (bicyclic) bond motifs is 6. The standard InChI is InChI=1S/C38H29FN2.C29H17N2O.Ir/c39-36-20-18-34(19-21-36)38-22-15-29(27-41-38)10-12-31-24-30(25-35(26-31)32-6-2-1-3-7-32)11-9-28-13-16-33(17-14-28)37-8-4-5-23-40-37;1-2-10-20(11-3-1)31-26-16-7-6-15-25(26)30-29(31)24-14-8-13-22-23-18-17-19-9-4-5-12-21(19)27(23)32-28(22)24;/h1-8,13-16,18,20-27H,9-12H2;1-13,15-18H;/q-2;-1;+3. The minimum Gasteiger partial charge on any atom is -0.500 e. The second kappa shape index (κ2) is 21.6. The fourth-order valence-electron chi connectivity index (χ4n) is 9.68. The molecule has 0 N–H and O–H groups in total. The van der Waals surface area contributed by atoms with Gasteiger partial charge in [-0.1, -0.05) is 157 Å². The molecule has 0 spiro atoms. The van der Waals surface area contributed by atoms with Gasteiger partial charge < -0.3 is 19.0 Å². The van der Waals surface area contributed by atoms with E-state index in [4.69, 9.17) is 9.40 Å². The zero-order valence-corrected chi connectivity index (χ0v) is 42.6. The number of para-hydroxylation sites is 3. The molecule has 7 heteroatoms. The molecule has 0 saturated carbocycles. The van der Waals surface area contributed by atoms with Crippen LogP contribution in [0.1, 0.15) is 22.3 Å². The maximum absolute atomic E-state index is 13.2. The van der Waals surface area contributed by atoms with Crippen LogP contribution in [0.4, 0.5) is 4.39 Å². The molecule has 5 nitrogen and oxygen atoms in total. The van der Waals surface area contributed by atoms with Crippen molar-refractivity contribution in [3.8, 4) is 50.7 Å². The number of furan rings is 1. The van der Waals surface area contributed by atoms with Gasteiger partial charge in [-0.25, -0.2) is 0 Å². The van der Waals surface area contributed by atoms with Crippen molar-refractivity contribution in [2.24, 2.45) is 0 Å². The second-order valence-corrected chi connectivity index (χ2v) is 18.2. The molecule has 356 valence electrons. The smallest absolute Gasteiger partial charge is 0.500 e. The van der Waals surface area contributed by atoms with Gasteiger partial charge in [0.2, 0.25) is 0 Å². The first kappa shape index (κ1) is 47.7. The zero-order chi connectivity index (χ0) is 48.9. The van der Waals surface area contributed by atoms with Crippen molar-refractivity contribution in [1.29, 1.82) is 0 Å². The van der Waals surface area contributed by atoms with Gasteiger partial charge in [0.25, 0.3) is 0 Å². The first-order valence-electron chi connectivity index (χ1n) is 24.6. The van der Waals surface area contributed by atoms with Crippen molar-refractivity contribution in [2.75, 3.05) is 0 Å². The molecular formula is C67H46FIrN4O. The van der Waals surface area contributed by atoms with Crippen LogP contribution in [-0.4, -0.2) is 19.5 Å². The summed E-state index contributed by atoms with van der Waals surface area (Å²) in [5.41, 5.74) is 16.7. The van der Waals surface area contributed by atoms with E-state index in [1.54, 1.807) is 6.07 Å². The quantitative estimate of drug-likeness (QED) is 0.121. The van der Waals surface area contributed by atoms with E-state index in [2.05, 4.69) is 166 Å². The normalized spacial score (nSPS) is 11.1. The predicted molar refractivity (Wildman–Crippen MR) is 294 cm³/mol. The summed E-state index contributed by atoms with van der Waals surface area (Å²) >= 11 is 0. The Kier molecular flexibility index (Phi) is 13.9. The third kappa shape index (κ3) is 10.1. The Morgan fingerprint density at radius 2 is 1.16 bits per heavy atom. The summed E-state index contributed by atoms with van der Waals surface area (Å²) in [6.45, 7) is 0. The van der Waals surface area contributed by atoms with Gasteiger partial charge in [-0.15, -0.1) is 83.4 Å². The number of aromatic nitrogens is 4. The Balaban J connectivity index is 0.000000161. The topological polar surface area (TPSA) is 56.7 Å². The Bertz CT molecular complexity index is 4010. The van der Waals surface area contributed by atoms with Gasteiger partial charge in [-0.2, -0.15) is 0 Å². The van der Waals surface area contributed by atoms with E-state index in [9.17, 15) is 4.39 Å². The summed E-state index contributed by atoms with van der Waals surface area (Å²) in [5.74, 6) is 0.533. The fraction of sp³-hybridized carbons (Fsp3) is 0.0597. The molecule has 0 amide bonds. The molecule has 0 unspecified atom stereocenters. The molecule has 0 saturated heterocycles. The van der Waals surface area contributed by atoms with Crippen molar-refractivity contribution in [1.82, 2.24) is 19.5 Å². The second-order valence-electron chi connectivity index (χ2n) is 18.2. The fourth-order valence-corrected chi connectivity index (χ4v) is 9.68. The number of rotatable bonds is 11. The zero-order valence-electron chi connectivity index (χ0n) is 40.2. The van der Waals surface area contributed by atoms with Crippen molar-refractivity contribution in [2.45, 2.75) is 25.7 Å². The van der Waals surface area contributed by atoms with Crippen LogP contribution in [0.25, 0.3) is 94.5 Å². The SMILES string of the molecule is Fc1c[c-]c(-c2ccc(CCc3cc(CCc4c[c-]c(-c5ccccn5)cc4)cc(-c4ccccc4)c3)cn2)cc1.[Ir+3].[c-]1ccc2c(oc3c4ccccc4ccc23)c1-c1nc2ccccc2n1-c1ccccc1. The summed E-state index contributed by atoms with van der Waals surface area (Å²) in [7, 11) is 0. The van der Waals surface area contributed by atoms with E-state index >= 15 is 0 Å². The Morgan fingerprint density at radius 3 is 1.91 bits per heavy atom. The summed E-state index contributed by atoms with van der Waals surface area (Å²) in [4.78, 5) is 14.0. The summed E-state index contributed by atoms with van der Waals surface area (Å²) in [6.07, 6.45) is 7.44. The van der Waals surface area contributed by atoms with Crippen molar-refractivity contribution >= 4 is 43.7 Å². The van der Waals surface area contributed by atoms with Crippen LogP contribution in [0.2, 0.25) is 0 Å². The average Bonchev–Trinajstić information content (AvgIpc) is 4.05. The Morgan fingerprint density at radius 1 is 0.486 bits per heavy atom. The van der Waals surface area contributed by atoms with Gasteiger partial charge in [-0.05, 0) is 94.2 Å². The van der Waals surface area contributed by atoms with E-state index in [1.807, 2.05) is 79.1 Å². The number of imidazole rings is 1. The molecule has 0 bridgehead atoms. The Hall–Kier alpha value is -8.61. The molecule has 74 heavy (non-hydrogen) atoms. The first-order valence-corrected chi connectivity index (χ1v) is 24.6. The van der Waals surface area contributed by atoms with E-state index in [0.29, 0.717) is 0 Å². The van der Waals surface area contributed by atoms with Crippen LogP contribution < -0.4 is 0 Å². The van der Waals surface area contributed by atoms with Crippen molar-refractivity contribution in [3.63, 3.8) is 0 Å². The Labute approximate surface area is 443 Å². The van der Waals surface area contributed by atoms with Crippen LogP contribution in [-0.2, 0) is 45.8 Å². The third-order valence-corrected chi connectivity index (χ3v) is 13.4. The van der Waals surface area contributed by atoms with Gasteiger partial charge in [0.05, 0.1) is 22.4 Å². The van der Waals surface area contributed by atoms with Gasteiger partial charge in [0.15, 0.2) is 0 Å². The minimum atomic E-state index is -0.292. The number of nitrogens with zero attached hydrogens (tertiary/aromatic N) is 4. The monoisotopic (exact) mass is 1130 g/mol. The van der Waals surface area contributed by atoms with E-state index < -0.39 is 0 Å². The van der Waals surface area contributed by atoms with Gasteiger partial charge in [-0.3, -0.25) is 9.37 Å². The number of pyridine rings is 2. The predicted octanol–water partition coefficient (Wildman–Crippen LogP) is 16.3. The van der Waals surface area contributed by atoms with Crippen LogP contribution in [0.3, 0.4) is 0 Å². The summed E-state index contributed by atoms with van der Waals surface area (Å²) in [5, 5.41) is 4.47. The number of aryl methyl sites for hydroxylation is 4. The molecule has 4 heterocycles. The van der Waals surface area contributed by atoms with E-state index in [-0.39, 0.29) is 25.9 Å². The van der Waals surface area contributed by atoms with E-state index in [1.165, 1.54) is 50.9 Å². The van der Waals surface area contributed by atoms with Crippen molar-refractivity contribution < 1.29 is 28.9 Å². The van der Waals surface area contributed by atoms with Crippen LogP contribution in [0, 0.1) is 24.0 Å². The van der Waals surface area contributed by atoms with Crippen molar-refractivity contribution in [3.05, 3.63) is 277 Å². The first-order chi connectivity index (χ1) is 36.1. The summed E-state index contributed by atoms with van der Waals surface area (Å²) < 4.78 is 22.0. The van der Waals surface area contributed by atoms with Gasteiger partial charge in [0.1, 0.15) is 5.58 Å². The molecule has 13 aromatic rings. The molecule has 0 radical (unpaired) electrons. The molecule has 0 aliphatic rings. The molecule has 4 aromatic heterocycles. The minimum absolute atomic E-state index is 0. The molecule has 13 rings (SSSR count). The third-order valence-electron chi connectivity index (χ3n) is 13.4. The van der Waals surface area contributed by atoms with E-state index in [0.717, 1.165) is 104 Å². The summed E-state index contributed by atoms with van der Waals surface area (Å²) in [6, 6.07) is 83.5. The van der Waals surface area contributed by atoms with Crippen LogP contribution in [0.15, 0.2) is 235 Å². The van der Waals surface area contributed by atoms with Gasteiger partial charge >= 0.3 is 20.1 Å². The van der Waals surface area contributed by atoms with Crippen LogP contribution in [0.5, 0.6) is 0 Å². The largest absolute Gasteiger partial charge is 3.00 e. The maximum atomic E-state index is 13.2. The number of benzene rings is 9. The number of hydrogen-bond acceptors (Lipinski definition) is 4.